The third-order valence-corrected chi connectivity index (χ3v) is 3.30. The molecule has 2 aromatic rings. The van der Waals surface area contributed by atoms with Gasteiger partial charge >= 0.3 is 0 Å². The SMILES string of the molecule is COc1cccc(CC(N)c2cc(C)cc(Cl)c2)c1. The number of hydrogen-bond donors (Lipinski definition) is 1. The molecule has 0 radical (unpaired) electrons. The molecule has 19 heavy (non-hydrogen) atoms. The minimum Gasteiger partial charge on any atom is -0.497 e. The molecular formula is C16H18ClNO. The van der Waals surface area contributed by atoms with Crippen molar-refractivity contribution in [3.8, 4) is 5.75 Å². The molecule has 0 fully saturated rings. The van der Waals surface area contributed by atoms with Crippen LogP contribution in [0.4, 0.5) is 0 Å². The Balaban J connectivity index is 2.17. The first kappa shape index (κ1) is 13.9. The Hall–Kier alpha value is -1.51. The Labute approximate surface area is 119 Å². The van der Waals surface area contributed by atoms with E-state index >= 15 is 0 Å². The first-order valence-electron chi connectivity index (χ1n) is 6.24. The lowest BCUT2D eigenvalue weighted by Crippen LogP contribution is -2.13. The van der Waals surface area contributed by atoms with Gasteiger partial charge in [0.05, 0.1) is 7.11 Å². The molecule has 2 rings (SSSR count). The van der Waals surface area contributed by atoms with Gasteiger partial charge in [0.2, 0.25) is 0 Å². The second-order valence-corrected chi connectivity index (χ2v) is 5.16. The van der Waals surface area contributed by atoms with Gasteiger partial charge in [0.15, 0.2) is 0 Å². The van der Waals surface area contributed by atoms with Gasteiger partial charge in [0.1, 0.15) is 5.75 Å². The first-order chi connectivity index (χ1) is 9.08. The molecular weight excluding hydrogens is 258 g/mol. The van der Waals surface area contributed by atoms with E-state index in [9.17, 15) is 0 Å². The molecule has 2 nitrogen and oxygen atoms in total. The summed E-state index contributed by atoms with van der Waals surface area (Å²) in [7, 11) is 1.67. The molecule has 2 N–H and O–H groups in total. The van der Waals surface area contributed by atoms with Crippen molar-refractivity contribution in [1.29, 1.82) is 0 Å². The lowest BCUT2D eigenvalue weighted by atomic mass is 9.98. The summed E-state index contributed by atoms with van der Waals surface area (Å²) in [5.41, 5.74) is 9.60. The molecule has 0 saturated heterocycles. The molecule has 100 valence electrons. The van der Waals surface area contributed by atoms with Gasteiger partial charge < -0.3 is 10.5 Å². The average Bonchev–Trinajstić information content (AvgIpc) is 2.37. The van der Waals surface area contributed by atoms with Crippen molar-refractivity contribution in [3.63, 3.8) is 0 Å². The maximum absolute atomic E-state index is 6.26. The van der Waals surface area contributed by atoms with E-state index in [0.717, 1.165) is 33.9 Å². The molecule has 0 heterocycles. The summed E-state index contributed by atoms with van der Waals surface area (Å²) in [4.78, 5) is 0. The Morgan fingerprint density at radius 1 is 1.21 bits per heavy atom. The van der Waals surface area contributed by atoms with E-state index in [1.807, 2.05) is 37.3 Å². The fourth-order valence-corrected chi connectivity index (χ4v) is 2.45. The number of rotatable bonds is 4. The van der Waals surface area contributed by atoms with Crippen molar-refractivity contribution in [2.45, 2.75) is 19.4 Å². The minimum absolute atomic E-state index is 0.0653. The van der Waals surface area contributed by atoms with Crippen molar-refractivity contribution >= 4 is 11.6 Å². The molecule has 0 spiro atoms. The normalized spacial score (nSPS) is 12.2. The zero-order valence-corrected chi connectivity index (χ0v) is 11.9. The second-order valence-electron chi connectivity index (χ2n) is 4.72. The Morgan fingerprint density at radius 2 is 2.00 bits per heavy atom. The van der Waals surface area contributed by atoms with Crippen LogP contribution in [0, 0.1) is 6.92 Å². The lowest BCUT2D eigenvalue weighted by Gasteiger charge is -2.14. The van der Waals surface area contributed by atoms with Crippen LogP contribution in [0.25, 0.3) is 0 Å². The van der Waals surface area contributed by atoms with Crippen molar-refractivity contribution in [1.82, 2.24) is 0 Å². The highest BCUT2D eigenvalue weighted by atomic mass is 35.5. The van der Waals surface area contributed by atoms with Crippen LogP contribution in [0.2, 0.25) is 5.02 Å². The van der Waals surface area contributed by atoms with Crippen LogP contribution in [-0.2, 0) is 6.42 Å². The largest absolute Gasteiger partial charge is 0.497 e. The van der Waals surface area contributed by atoms with E-state index in [1.165, 1.54) is 0 Å². The van der Waals surface area contributed by atoms with Gasteiger partial charge in [-0.3, -0.25) is 0 Å². The van der Waals surface area contributed by atoms with Crippen LogP contribution in [-0.4, -0.2) is 7.11 Å². The number of hydrogen-bond acceptors (Lipinski definition) is 2. The Morgan fingerprint density at radius 3 is 2.68 bits per heavy atom. The molecule has 0 aromatic heterocycles. The Bertz CT molecular complexity index is 548. The van der Waals surface area contributed by atoms with E-state index in [4.69, 9.17) is 22.1 Å². The van der Waals surface area contributed by atoms with Crippen molar-refractivity contribution < 1.29 is 4.74 Å². The van der Waals surface area contributed by atoms with Gasteiger partial charge in [0, 0.05) is 11.1 Å². The molecule has 0 aliphatic heterocycles. The summed E-state index contributed by atoms with van der Waals surface area (Å²) < 4.78 is 5.22. The highest BCUT2D eigenvalue weighted by Crippen LogP contribution is 2.23. The smallest absolute Gasteiger partial charge is 0.119 e. The molecule has 1 unspecified atom stereocenters. The van der Waals surface area contributed by atoms with E-state index in [-0.39, 0.29) is 6.04 Å². The summed E-state index contributed by atoms with van der Waals surface area (Å²) in [5.74, 6) is 0.854. The summed E-state index contributed by atoms with van der Waals surface area (Å²) in [6, 6.07) is 13.9. The summed E-state index contributed by atoms with van der Waals surface area (Å²) in [6.45, 7) is 2.02. The van der Waals surface area contributed by atoms with E-state index < -0.39 is 0 Å². The number of methoxy groups -OCH3 is 1. The molecule has 3 heteroatoms. The highest BCUT2D eigenvalue weighted by Gasteiger charge is 2.09. The quantitative estimate of drug-likeness (QED) is 0.918. The number of ether oxygens (including phenoxy) is 1. The van der Waals surface area contributed by atoms with E-state index in [0.29, 0.717) is 0 Å². The zero-order chi connectivity index (χ0) is 13.8. The Kier molecular flexibility index (Phi) is 4.46. The number of halogens is 1. The van der Waals surface area contributed by atoms with E-state index in [1.54, 1.807) is 7.11 Å². The predicted molar refractivity (Wildman–Crippen MR) is 79.8 cm³/mol. The maximum atomic E-state index is 6.26. The second kappa shape index (κ2) is 6.09. The van der Waals surface area contributed by atoms with Gasteiger partial charge in [-0.1, -0.05) is 29.8 Å². The maximum Gasteiger partial charge on any atom is 0.119 e. The van der Waals surface area contributed by atoms with Crippen molar-refractivity contribution in [2.24, 2.45) is 5.73 Å². The first-order valence-corrected chi connectivity index (χ1v) is 6.62. The van der Waals surface area contributed by atoms with Crippen LogP contribution >= 0.6 is 11.6 Å². The molecule has 0 aliphatic carbocycles. The standard InChI is InChI=1S/C16H18ClNO/c1-11-6-13(10-14(17)7-11)16(18)9-12-4-3-5-15(8-12)19-2/h3-8,10,16H,9,18H2,1-2H3. The van der Waals surface area contributed by atoms with Crippen molar-refractivity contribution in [2.75, 3.05) is 7.11 Å². The third-order valence-electron chi connectivity index (χ3n) is 3.08. The van der Waals surface area contributed by atoms with Gasteiger partial charge in [0.25, 0.3) is 0 Å². The summed E-state index contributed by atoms with van der Waals surface area (Å²) >= 11 is 6.07. The topological polar surface area (TPSA) is 35.2 Å². The molecule has 0 saturated carbocycles. The average molecular weight is 276 g/mol. The molecule has 1 atom stereocenters. The number of benzene rings is 2. The fourth-order valence-electron chi connectivity index (χ4n) is 2.15. The monoisotopic (exact) mass is 275 g/mol. The zero-order valence-electron chi connectivity index (χ0n) is 11.2. The number of aryl methyl sites for hydroxylation is 1. The van der Waals surface area contributed by atoms with Crippen LogP contribution in [0.15, 0.2) is 42.5 Å². The molecule has 0 aliphatic rings. The summed E-state index contributed by atoms with van der Waals surface area (Å²) in [6.07, 6.45) is 0.761. The van der Waals surface area contributed by atoms with Crippen molar-refractivity contribution in [3.05, 3.63) is 64.2 Å². The lowest BCUT2D eigenvalue weighted by molar-refractivity contribution is 0.414. The van der Waals surface area contributed by atoms with Gasteiger partial charge in [-0.2, -0.15) is 0 Å². The molecule has 0 bridgehead atoms. The van der Waals surface area contributed by atoms with Gasteiger partial charge in [-0.15, -0.1) is 0 Å². The van der Waals surface area contributed by atoms with Crippen LogP contribution in [0.5, 0.6) is 5.75 Å². The van der Waals surface area contributed by atoms with Gasteiger partial charge in [-0.05, 0) is 54.3 Å². The highest BCUT2D eigenvalue weighted by molar-refractivity contribution is 6.30. The molecule has 0 amide bonds. The fraction of sp³-hybridized carbons (Fsp3) is 0.250. The third kappa shape index (κ3) is 3.72. The van der Waals surface area contributed by atoms with Gasteiger partial charge in [-0.25, -0.2) is 0 Å². The predicted octanol–water partition coefficient (Wildman–Crippen LogP) is 3.90. The van der Waals surface area contributed by atoms with E-state index in [2.05, 4.69) is 12.1 Å². The molecule has 2 aromatic carbocycles. The minimum atomic E-state index is -0.0653. The van der Waals surface area contributed by atoms with Crippen LogP contribution in [0.3, 0.4) is 0 Å². The number of nitrogens with two attached hydrogens (primary N) is 1. The van der Waals surface area contributed by atoms with Crippen LogP contribution in [0.1, 0.15) is 22.7 Å². The summed E-state index contributed by atoms with van der Waals surface area (Å²) in [5, 5.41) is 0.732. The van der Waals surface area contributed by atoms with Crippen LogP contribution < -0.4 is 10.5 Å².